The van der Waals surface area contributed by atoms with Gasteiger partial charge >= 0.3 is 4.87 Å². The molecule has 3 aliphatic rings. The number of rotatable bonds is 5. The van der Waals surface area contributed by atoms with Crippen molar-refractivity contribution in [3.63, 3.8) is 0 Å². The van der Waals surface area contributed by atoms with Crippen LogP contribution in [-0.4, -0.2) is 22.7 Å². The van der Waals surface area contributed by atoms with Crippen molar-refractivity contribution in [2.75, 3.05) is 11.9 Å². The van der Waals surface area contributed by atoms with Crippen LogP contribution >= 0.6 is 39.0 Å². The summed E-state index contributed by atoms with van der Waals surface area (Å²) in [7, 11) is 0. The lowest BCUT2D eigenvalue weighted by Crippen LogP contribution is -2.34. The van der Waals surface area contributed by atoms with Crippen molar-refractivity contribution in [2.24, 2.45) is 17.8 Å². The number of aromatic amines is 1. The van der Waals surface area contributed by atoms with Crippen LogP contribution in [0.1, 0.15) is 41.2 Å². The first kappa shape index (κ1) is 22.4. The number of para-hydroxylation sites is 1. The van der Waals surface area contributed by atoms with Crippen LogP contribution in [0.25, 0.3) is 0 Å². The molecule has 0 spiro atoms. The van der Waals surface area contributed by atoms with Crippen molar-refractivity contribution in [1.29, 1.82) is 0 Å². The van der Waals surface area contributed by atoms with E-state index in [9.17, 15) is 9.59 Å². The van der Waals surface area contributed by atoms with E-state index in [-0.39, 0.29) is 23.3 Å². The van der Waals surface area contributed by atoms with Gasteiger partial charge in [0.2, 0.25) is 0 Å². The molecule has 2 N–H and O–H groups in total. The monoisotopic (exact) mass is 556 g/mol. The molecule has 2 heterocycles. The van der Waals surface area contributed by atoms with Gasteiger partial charge in [-0.1, -0.05) is 45.5 Å². The van der Waals surface area contributed by atoms with E-state index >= 15 is 0 Å². The summed E-state index contributed by atoms with van der Waals surface area (Å²) in [6.07, 6.45) is 3.83. The molecule has 6 rings (SSSR count). The quantitative estimate of drug-likeness (QED) is 0.393. The smallest absolute Gasteiger partial charge is 0.305 e. The highest BCUT2D eigenvalue weighted by molar-refractivity contribution is 9.10. The van der Waals surface area contributed by atoms with E-state index in [1.54, 1.807) is 0 Å². The average Bonchev–Trinajstić information content (AvgIpc) is 3.52. The molecule has 2 fully saturated rings. The molecule has 5 atom stereocenters. The summed E-state index contributed by atoms with van der Waals surface area (Å²) in [6.45, 7) is 1.90. The first-order chi connectivity index (χ1) is 16.5. The molecule has 0 radical (unpaired) electrons. The molecule has 2 saturated carbocycles. The van der Waals surface area contributed by atoms with Crippen LogP contribution in [0.3, 0.4) is 0 Å². The molecule has 2 bridgehead atoms. The molecule has 176 valence electrons. The highest BCUT2D eigenvalue weighted by atomic mass is 79.9. The maximum absolute atomic E-state index is 12.7. The molecule has 1 amide bonds. The van der Waals surface area contributed by atoms with E-state index in [0.717, 1.165) is 37.1 Å². The number of nitrogens with one attached hydrogen (secondary N) is 2. The number of fused-ring (bicyclic) bond motifs is 6. The van der Waals surface area contributed by atoms with E-state index in [1.807, 2.05) is 55.1 Å². The number of ether oxygens (including phenoxy) is 1. The third-order valence-corrected chi connectivity index (χ3v) is 10.7. The molecule has 2 aromatic carbocycles. The molecule has 0 saturated heterocycles. The van der Waals surface area contributed by atoms with Gasteiger partial charge in [0.05, 0.1) is 5.03 Å². The van der Waals surface area contributed by atoms with Gasteiger partial charge in [-0.15, -0.1) is 11.8 Å². The molecule has 2 aliphatic carbocycles. The maximum atomic E-state index is 12.7. The van der Waals surface area contributed by atoms with Gasteiger partial charge in [-0.05, 0) is 73.8 Å². The number of H-pyrrole nitrogens is 1. The number of benzene rings is 2. The zero-order valence-electron chi connectivity index (χ0n) is 18.7. The number of aromatic nitrogens is 1. The Morgan fingerprint density at radius 1 is 1.21 bits per heavy atom. The molecule has 1 aliphatic heterocycles. The molecule has 4 unspecified atom stereocenters. The summed E-state index contributed by atoms with van der Waals surface area (Å²) in [6, 6.07) is 13.7. The Balaban J connectivity index is 1.32. The minimum Gasteiger partial charge on any atom is -0.483 e. The maximum Gasteiger partial charge on any atom is 0.305 e. The number of anilines is 1. The summed E-state index contributed by atoms with van der Waals surface area (Å²) in [5.74, 6) is 2.51. The zero-order chi connectivity index (χ0) is 23.4. The Morgan fingerprint density at radius 2 is 2.03 bits per heavy atom. The van der Waals surface area contributed by atoms with Gasteiger partial charge in [0.1, 0.15) is 5.75 Å². The highest BCUT2D eigenvalue weighted by Crippen LogP contribution is 2.64. The van der Waals surface area contributed by atoms with Crippen LogP contribution in [0, 0.1) is 24.7 Å². The third kappa shape index (κ3) is 3.93. The van der Waals surface area contributed by atoms with E-state index in [2.05, 4.69) is 32.3 Å². The molecule has 8 heteroatoms. The van der Waals surface area contributed by atoms with Gasteiger partial charge in [-0.25, -0.2) is 0 Å². The lowest BCUT2D eigenvalue weighted by atomic mass is 9.74. The molecule has 34 heavy (non-hydrogen) atoms. The summed E-state index contributed by atoms with van der Waals surface area (Å²) in [5, 5.41) is 4.50. The average molecular weight is 558 g/mol. The van der Waals surface area contributed by atoms with Gasteiger partial charge in [-0.2, -0.15) is 0 Å². The van der Waals surface area contributed by atoms with Gasteiger partial charge in [0.15, 0.2) is 6.61 Å². The number of carbonyl (C=O) groups is 1. The minimum absolute atomic E-state index is 0.00453. The molecule has 5 nitrogen and oxygen atoms in total. The first-order valence-electron chi connectivity index (χ1n) is 11.7. The van der Waals surface area contributed by atoms with Crippen LogP contribution in [-0.2, 0) is 4.79 Å². The molecule has 1 aromatic heterocycles. The topological polar surface area (TPSA) is 71.2 Å². The number of hydrogen-bond acceptors (Lipinski definition) is 5. The normalized spacial score (nSPS) is 26.7. The van der Waals surface area contributed by atoms with Crippen molar-refractivity contribution in [3.8, 4) is 5.75 Å². The van der Waals surface area contributed by atoms with Crippen LogP contribution < -0.4 is 14.9 Å². The Bertz CT molecular complexity index is 1320. The Kier molecular flexibility index (Phi) is 5.86. The molecule has 3 aromatic rings. The van der Waals surface area contributed by atoms with Crippen molar-refractivity contribution in [3.05, 3.63) is 72.6 Å². The number of aryl methyl sites for hydroxylation is 1. The highest BCUT2D eigenvalue weighted by Gasteiger charge is 2.55. The number of halogens is 1. The second-order valence-corrected chi connectivity index (χ2v) is 12.6. The van der Waals surface area contributed by atoms with Crippen LogP contribution in [0.5, 0.6) is 5.75 Å². The standard InChI is InChI=1S/C26H25BrN2O3S2/c1-13-4-2-3-5-18(13)28-20(30)12-32-19-9-8-16(27)11-17(19)22-21-14-6-7-15(10-14)23(21)33-25-24(22)34-26(31)29-25/h2-5,8-9,11,14-15,21-23H,6-7,10,12H2,1H3,(H,28,30)(H,29,31)/t14?,15?,21?,22-,23?/m1/s1. The van der Waals surface area contributed by atoms with E-state index in [0.29, 0.717) is 22.8 Å². The lowest BCUT2D eigenvalue weighted by molar-refractivity contribution is -0.118. The number of thioether (sulfide) groups is 1. The van der Waals surface area contributed by atoms with Crippen LogP contribution in [0.2, 0.25) is 0 Å². The van der Waals surface area contributed by atoms with Gasteiger partial charge in [0.25, 0.3) is 5.91 Å². The van der Waals surface area contributed by atoms with Gasteiger partial charge in [-0.3, -0.25) is 9.59 Å². The number of carbonyl (C=O) groups excluding carboxylic acids is 1. The fourth-order valence-electron chi connectivity index (χ4n) is 6.13. The zero-order valence-corrected chi connectivity index (χ0v) is 21.9. The predicted octanol–water partition coefficient (Wildman–Crippen LogP) is 6.18. The van der Waals surface area contributed by atoms with E-state index in [4.69, 9.17) is 4.74 Å². The number of amides is 1. The van der Waals surface area contributed by atoms with Crippen molar-refractivity contribution >= 4 is 50.6 Å². The predicted molar refractivity (Wildman–Crippen MR) is 140 cm³/mol. The number of thiazole rings is 1. The van der Waals surface area contributed by atoms with Gasteiger partial charge in [0, 0.05) is 31.8 Å². The lowest BCUT2D eigenvalue weighted by Gasteiger charge is -2.40. The molecular formula is C26H25BrN2O3S2. The second kappa shape index (κ2) is 8.88. The largest absolute Gasteiger partial charge is 0.483 e. The van der Waals surface area contributed by atoms with Crippen LogP contribution in [0.15, 0.2) is 56.8 Å². The van der Waals surface area contributed by atoms with Crippen molar-refractivity contribution < 1.29 is 9.53 Å². The summed E-state index contributed by atoms with van der Waals surface area (Å²) >= 11 is 6.86. The second-order valence-electron chi connectivity index (χ2n) is 9.51. The summed E-state index contributed by atoms with van der Waals surface area (Å²) < 4.78 is 7.12. The molecular weight excluding hydrogens is 532 g/mol. The fraction of sp³-hybridized carbons (Fsp3) is 0.385. The van der Waals surface area contributed by atoms with E-state index in [1.165, 1.54) is 30.6 Å². The summed E-state index contributed by atoms with van der Waals surface area (Å²) in [4.78, 5) is 29.3. The van der Waals surface area contributed by atoms with Crippen molar-refractivity contribution in [1.82, 2.24) is 4.98 Å². The minimum atomic E-state index is -0.188. The van der Waals surface area contributed by atoms with Crippen LogP contribution in [0.4, 0.5) is 5.69 Å². The van der Waals surface area contributed by atoms with E-state index < -0.39 is 0 Å². The number of hydrogen-bond donors (Lipinski definition) is 2. The first-order valence-corrected chi connectivity index (χ1v) is 14.1. The Morgan fingerprint density at radius 3 is 2.88 bits per heavy atom. The van der Waals surface area contributed by atoms with Crippen molar-refractivity contribution in [2.45, 2.75) is 42.4 Å². The summed E-state index contributed by atoms with van der Waals surface area (Å²) in [5.41, 5.74) is 2.87. The Labute approximate surface area is 214 Å². The van der Waals surface area contributed by atoms with Gasteiger partial charge < -0.3 is 15.0 Å². The fourth-order valence-corrected chi connectivity index (χ4v) is 9.40. The Hall–Kier alpha value is -2.03. The SMILES string of the molecule is Cc1ccccc1NC(=O)COc1ccc(Br)cc1[C@H]1c2sc(=O)[nH]c2SC2C3CCC(C3)C21. The third-order valence-electron chi connectivity index (χ3n) is 7.55.